The van der Waals surface area contributed by atoms with Gasteiger partial charge in [-0.3, -0.25) is 9.13 Å². The third-order valence-corrected chi connectivity index (χ3v) is 7.84. The van der Waals surface area contributed by atoms with Gasteiger partial charge in [0.15, 0.2) is 0 Å². The maximum atomic E-state index is 11.5. The Morgan fingerprint density at radius 3 is 1.63 bits per heavy atom. The molecular weight excluding hydrogens is 286 g/mol. The summed E-state index contributed by atoms with van der Waals surface area (Å²) >= 11 is 0. The number of rotatable bonds is 11. The van der Waals surface area contributed by atoms with Gasteiger partial charge in [0.2, 0.25) is 7.37 Å². The molecule has 0 aliphatic rings. The van der Waals surface area contributed by atoms with Gasteiger partial charge in [-0.15, -0.1) is 0 Å². The maximum absolute atomic E-state index is 11.5. The van der Waals surface area contributed by atoms with Crippen LogP contribution in [-0.4, -0.2) is 26.7 Å². The van der Waals surface area contributed by atoms with E-state index in [0.717, 1.165) is 25.9 Å². The zero-order valence-corrected chi connectivity index (χ0v) is 13.8. The second-order valence-electron chi connectivity index (χ2n) is 5.28. The number of unbranched alkanes of at least 4 members (excludes halogenated alkanes) is 7. The molecule has 2 atom stereocenters. The van der Waals surface area contributed by atoms with Gasteiger partial charge >= 0.3 is 7.60 Å². The lowest BCUT2D eigenvalue weighted by atomic mass is 10.1. The second kappa shape index (κ2) is 9.31. The summed E-state index contributed by atoms with van der Waals surface area (Å²) in [6.07, 6.45) is 8.65. The molecule has 0 aliphatic carbocycles. The molecule has 0 saturated carbocycles. The van der Waals surface area contributed by atoms with Crippen LogP contribution in [0.5, 0.6) is 0 Å². The SMILES string of the molecule is CCCCCCCCCCC(P(C)(=O)O)P(=O)(O)O. The van der Waals surface area contributed by atoms with Crippen LogP contribution in [0.4, 0.5) is 0 Å². The van der Waals surface area contributed by atoms with Gasteiger partial charge in [-0.2, -0.15) is 0 Å². The van der Waals surface area contributed by atoms with Crippen LogP contribution >= 0.6 is 15.0 Å². The molecular formula is C12H28O5P2. The van der Waals surface area contributed by atoms with Crippen molar-refractivity contribution in [3.8, 4) is 0 Å². The van der Waals surface area contributed by atoms with Crippen LogP contribution in [0.3, 0.4) is 0 Å². The average Bonchev–Trinajstić information content (AvgIpc) is 2.23. The van der Waals surface area contributed by atoms with E-state index >= 15 is 0 Å². The van der Waals surface area contributed by atoms with Crippen LogP contribution < -0.4 is 0 Å². The van der Waals surface area contributed by atoms with E-state index in [1.165, 1.54) is 25.7 Å². The number of hydrogen-bond acceptors (Lipinski definition) is 2. The molecule has 2 unspecified atom stereocenters. The predicted octanol–water partition coefficient (Wildman–Crippen LogP) is 3.92. The first-order valence-corrected chi connectivity index (χ1v) is 10.9. The summed E-state index contributed by atoms with van der Waals surface area (Å²) in [7, 11) is -8.21. The van der Waals surface area contributed by atoms with Crippen molar-refractivity contribution in [3.63, 3.8) is 0 Å². The summed E-state index contributed by atoms with van der Waals surface area (Å²) in [4.78, 5) is 27.6. The van der Waals surface area contributed by atoms with Gasteiger partial charge in [0.05, 0.1) is 0 Å². The zero-order chi connectivity index (χ0) is 14.9. The highest BCUT2D eigenvalue weighted by atomic mass is 31.2. The molecule has 19 heavy (non-hydrogen) atoms. The van der Waals surface area contributed by atoms with Gasteiger partial charge < -0.3 is 14.7 Å². The van der Waals surface area contributed by atoms with Gasteiger partial charge in [-0.05, 0) is 6.42 Å². The van der Waals surface area contributed by atoms with E-state index in [4.69, 9.17) is 9.79 Å². The van der Waals surface area contributed by atoms with Gasteiger partial charge in [0.25, 0.3) is 0 Å². The minimum absolute atomic E-state index is 0.128. The summed E-state index contributed by atoms with van der Waals surface area (Å²) in [5.41, 5.74) is 0. The molecule has 0 spiro atoms. The predicted molar refractivity (Wildman–Crippen MR) is 78.8 cm³/mol. The quantitative estimate of drug-likeness (QED) is 0.397. The first-order valence-electron chi connectivity index (χ1n) is 7.04. The van der Waals surface area contributed by atoms with Crippen LogP contribution in [0, 0.1) is 0 Å². The van der Waals surface area contributed by atoms with Crippen molar-refractivity contribution in [3.05, 3.63) is 0 Å². The van der Waals surface area contributed by atoms with Gasteiger partial charge in [-0.25, -0.2) is 0 Å². The lowest BCUT2D eigenvalue weighted by Crippen LogP contribution is -2.08. The fourth-order valence-corrected chi connectivity index (χ4v) is 5.56. The van der Waals surface area contributed by atoms with E-state index in [1.54, 1.807) is 0 Å². The molecule has 7 heteroatoms. The molecule has 0 heterocycles. The molecule has 0 fully saturated rings. The van der Waals surface area contributed by atoms with Crippen molar-refractivity contribution in [1.29, 1.82) is 0 Å². The normalized spacial score (nSPS) is 17.1. The molecule has 0 bridgehead atoms. The Balaban J connectivity index is 3.85. The van der Waals surface area contributed by atoms with Gasteiger partial charge in [0, 0.05) is 6.66 Å². The fourth-order valence-electron chi connectivity index (χ4n) is 2.15. The molecule has 0 amide bonds. The Kier molecular flexibility index (Phi) is 9.47. The standard InChI is InChI=1S/C12H28O5P2/c1-3-4-5-6-7-8-9-10-11-12(18(2,13)14)19(15,16)17/h12H,3-11H2,1-2H3,(H,13,14)(H2,15,16,17). The van der Waals surface area contributed by atoms with Crippen molar-refractivity contribution < 1.29 is 23.8 Å². The molecule has 0 aromatic carbocycles. The van der Waals surface area contributed by atoms with Crippen LogP contribution in [0.15, 0.2) is 0 Å². The molecule has 0 rings (SSSR count). The van der Waals surface area contributed by atoms with E-state index in [-0.39, 0.29) is 6.42 Å². The zero-order valence-electron chi connectivity index (χ0n) is 12.0. The average molecular weight is 314 g/mol. The fraction of sp³-hybridized carbons (Fsp3) is 1.00. The molecule has 0 saturated heterocycles. The third kappa shape index (κ3) is 9.81. The summed E-state index contributed by atoms with van der Waals surface area (Å²) in [6, 6.07) is 0. The molecule has 3 N–H and O–H groups in total. The minimum atomic E-state index is -4.48. The second-order valence-corrected chi connectivity index (χ2v) is 10.00. The summed E-state index contributed by atoms with van der Waals surface area (Å²) < 4.78 is 22.6. The van der Waals surface area contributed by atoms with Crippen molar-refractivity contribution in [2.75, 3.05) is 6.66 Å². The molecule has 0 aromatic rings. The Morgan fingerprint density at radius 1 is 0.842 bits per heavy atom. The van der Waals surface area contributed by atoms with Gasteiger partial charge in [-0.1, -0.05) is 58.3 Å². The highest BCUT2D eigenvalue weighted by molar-refractivity contribution is 7.73. The largest absolute Gasteiger partial charge is 0.344 e. The summed E-state index contributed by atoms with van der Waals surface area (Å²) in [6.45, 7) is 3.20. The van der Waals surface area contributed by atoms with Crippen molar-refractivity contribution >= 4 is 15.0 Å². The topological polar surface area (TPSA) is 94.8 Å². The third-order valence-electron chi connectivity index (χ3n) is 3.26. The molecule has 5 nitrogen and oxygen atoms in total. The lowest BCUT2D eigenvalue weighted by molar-refractivity contribution is 0.359. The van der Waals surface area contributed by atoms with Gasteiger partial charge in [0.1, 0.15) is 5.40 Å². The Labute approximate surface area is 116 Å². The van der Waals surface area contributed by atoms with Crippen molar-refractivity contribution in [1.82, 2.24) is 0 Å². The number of hydrogen-bond donors (Lipinski definition) is 3. The van der Waals surface area contributed by atoms with Crippen molar-refractivity contribution in [2.24, 2.45) is 0 Å². The van der Waals surface area contributed by atoms with E-state index in [0.29, 0.717) is 6.42 Å². The minimum Gasteiger partial charge on any atom is -0.344 e. The first kappa shape index (κ1) is 19.3. The van der Waals surface area contributed by atoms with Crippen LogP contribution in [-0.2, 0) is 9.13 Å². The van der Waals surface area contributed by atoms with E-state index in [1.807, 2.05) is 0 Å². The smallest absolute Gasteiger partial charge is 0.338 e. The van der Waals surface area contributed by atoms with E-state index in [2.05, 4.69) is 6.92 Å². The maximum Gasteiger partial charge on any atom is 0.338 e. The summed E-state index contributed by atoms with van der Waals surface area (Å²) in [5, 5.41) is -1.39. The van der Waals surface area contributed by atoms with Crippen molar-refractivity contribution in [2.45, 2.75) is 70.1 Å². The van der Waals surface area contributed by atoms with E-state index < -0.39 is 20.4 Å². The molecule has 0 radical (unpaired) electrons. The summed E-state index contributed by atoms with van der Waals surface area (Å²) in [5.74, 6) is 0. The highest BCUT2D eigenvalue weighted by Crippen LogP contribution is 2.61. The molecule has 0 aliphatic heterocycles. The molecule has 116 valence electrons. The molecule has 0 aromatic heterocycles. The Bertz CT molecular complexity index is 298. The lowest BCUT2D eigenvalue weighted by Gasteiger charge is -2.20. The Morgan fingerprint density at radius 2 is 1.26 bits per heavy atom. The van der Waals surface area contributed by atoms with Crippen LogP contribution in [0.2, 0.25) is 0 Å². The highest BCUT2D eigenvalue weighted by Gasteiger charge is 2.39. The monoisotopic (exact) mass is 314 g/mol. The van der Waals surface area contributed by atoms with E-state index in [9.17, 15) is 14.0 Å². The Hall–Kier alpha value is 0.340. The van der Waals surface area contributed by atoms with Crippen LogP contribution in [0.25, 0.3) is 0 Å². The van der Waals surface area contributed by atoms with Crippen LogP contribution in [0.1, 0.15) is 64.7 Å². The first-order chi connectivity index (χ1) is 8.69.